The second-order valence-corrected chi connectivity index (χ2v) is 6.12. The zero-order valence-electron chi connectivity index (χ0n) is 9.97. The molecule has 0 amide bonds. The monoisotopic (exact) mass is 294 g/mol. The van der Waals surface area contributed by atoms with Crippen LogP contribution in [0.3, 0.4) is 0 Å². The largest absolute Gasteiger partial charge is 0.315 e. The third-order valence-electron chi connectivity index (χ3n) is 3.04. The lowest BCUT2D eigenvalue weighted by molar-refractivity contribution is 0.387. The molecule has 1 aromatic carbocycles. The number of nitrogens with one attached hydrogen (secondary N) is 1. The Labute approximate surface area is 113 Å². The van der Waals surface area contributed by atoms with Gasteiger partial charge < -0.3 is 5.32 Å². The van der Waals surface area contributed by atoms with E-state index in [9.17, 15) is 12.8 Å². The highest BCUT2D eigenvalue weighted by molar-refractivity contribution is 7.89. The molecule has 1 N–H and O–H groups in total. The van der Waals surface area contributed by atoms with Crippen molar-refractivity contribution in [3.63, 3.8) is 0 Å². The molecule has 0 radical (unpaired) electrons. The Hall–Kier alpha value is -0.690. The molecule has 0 saturated carbocycles. The van der Waals surface area contributed by atoms with E-state index in [-0.39, 0.29) is 23.3 Å². The van der Waals surface area contributed by atoms with E-state index in [2.05, 4.69) is 5.32 Å². The summed E-state index contributed by atoms with van der Waals surface area (Å²) >= 11 is 0. The smallest absolute Gasteiger partial charge is 0.243 e. The van der Waals surface area contributed by atoms with Gasteiger partial charge in [-0.3, -0.25) is 0 Å². The fourth-order valence-electron chi connectivity index (χ4n) is 1.92. The number of hydrogen-bond donors (Lipinski definition) is 1. The number of rotatable bonds is 3. The predicted octanol–water partition coefficient (Wildman–Crippen LogP) is 1.23. The van der Waals surface area contributed by atoms with Crippen LogP contribution < -0.4 is 5.32 Å². The van der Waals surface area contributed by atoms with E-state index in [1.54, 1.807) is 7.05 Å². The molecule has 18 heavy (non-hydrogen) atoms. The minimum absolute atomic E-state index is 0. The summed E-state index contributed by atoms with van der Waals surface area (Å²) in [4.78, 5) is 0.133. The Morgan fingerprint density at radius 3 is 2.44 bits per heavy atom. The Bertz CT molecular complexity index is 486. The highest BCUT2D eigenvalue weighted by atomic mass is 35.5. The molecular formula is C11H16ClFN2O2S. The van der Waals surface area contributed by atoms with Crippen molar-refractivity contribution in [1.29, 1.82) is 0 Å². The normalized spacial score (nSPS) is 19.8. The number of halogens is 2. The summed E-state index contributed by atoms with van der Waals surface area (Å²) in [7, 11) is -1.95. The third-order valence-corrected chi connectivity index (χ3v) is 4.96. The zero-order chi connectivity index (χ0) is 12.5. The van der Waals surface area contributed by atoms with Gasteiger partial charge in [-0.15, -0.1) is 12.4 Å². The first-order valence-electron chi connectivity index (χ1n) is 5.46. The van der Waals surface area contributed by atoms with E-state index < -0.39 is 15.8 Å². The van der Waals surface area contributed by atoms with Gasteiger partial charge in [0.25, 0.3) is 0 Å². The Balaban J connectivity index is 0.00000162. The molecule has 1 aliphatic rings. The highest BCUT2D eigenvalue weighted by Crippen LogP contribution is 2.19. The van der Waals surface area contributed by atoms with E-state index >= 15 is 0 Å². The molecule has 1 aromatic rings. The van der Waals surface area contributed by atoms with Crippen LogP contribution in [0.5, 0.6) is 0 Å². The summed E-state index contributed by atoms with van der Waals surface area (Å²) in [6.07, 6.45) is 0.803. The van der Waals surface area contributed by atoms with Crippen molar-refractivity contribution in [3.8, 4) is 0 Å². The molecule has 0 aromatic heterocycles. The van der Waals surface area contributed by atoms with Crippen molar-refractivity contribution < 1.29 is 12.8 Å². The second kappa shape index (κ2) is 5.97. The van der Waals surface area contributed by atoms with Gasteiger partial charge in [0.1, 0.15) is 5.82 Å². The fraction of sp³-hybridized carbons (Fsp3) is 0.455. The van der Waals surface area contributed by atoms with E-state index in [4.69, 9.17) is 0 Å². The van der Waals surface area contributed by atoms with Crippen LogP contribution in [0.25, 0.3) is 0 Å². The van der Waals surface area contributed by atoms with Crippen molar-refractivity contribution >= 4 is 22.4 Å². The van der Waals surface area contributed by atoms with E-state index in [1.165, 1.54) is 16.4 Å². The molecule has 7 heteroatoms. The lowest BCUT2D eigenvalue weighted by Gasteiger charge is -2.23. The quantitative estimate of drug-likeness (QED) is 0.912. The Kier molecular flexibility index (Phi) is 5.10. The average Bonchev–Trinajstić information content (AvgIpc) is 2.82. The molecule has 1 fully saturated rings. The van der Waals surface area contributed by atoms with Crippen LogP contribution in [0.2, 0.25) is 0 Å². The van der Waals surface area contributed by atoms with Gasteiger partial charge in [-0.25, -0.2) is 12.8 Å². The molecule has 0 aliphatic carbocycles. The molecule has 2 rings (SSSR count). The molecular weight excluding hydrogens is 279 g/mol. The van der Waals surface area contributed by atoms with Crippen LogP contribution in [0, 0.1) is 5.82 Å². The number of sulfonamides is 1. The van der Waals surface area contributed by atoms with E-state index in [0.29, 0.717) is 6.54 Å². The maximum atomic E-state index is 12.8. The van der Waals surface area contributed by atoms with Gasteiger partial charge in [0.2, 0.25) is 10.0 Å². The minimum atomic E-state index is -3.51. The highest BCUT2D eigenvalue weighted by Gasteiger charge is 2.29. The van der Waals surface area contributed by atoms with Crippen molar-refractivity contribution in [2.45, 2.75) is 17.4 Å². The summed E-state index contributed by atoms with van der Waals surface area (Å²) in [5.74, 6) is -0.436. The lowest BCUT2D eigenvalue weighted by atomic mass is 10.3. The summed E-state index contributed by atoms with van der Waals surface area (Å²) in [6, 6.07) is 4.89. The zero-order valence-corrected chi connectivity index (χ0v) is 11.6. The first-order chi connectivity index (χ1) is 8.01. The van der Waals surface area contributed by atoms with Gasteiger partial charge >= 0.3 is 0 Å². The minimum Gasteiger partial charge on any atom is -0.315 e. The standard InChI is InChI=1S/C11H15FN2O2S.ClH/c1-14(10-6-7-13-8-10)17(15,16)11-4-2-9(12)3-5-11;/h2-5,10,13H,6-8H2,1H3;1H. The van der Waals surface area contributed by atoms with Crippen LogP contribution in [0.4, 0.5) is 4.39 Å². The van der Waals surface area contributed by atoms with E-state index in [1.807, 2.05) is 0 Å². The molecule has 4 nitrogen and oxygen atoms in total. The van der Waals surface area contributed by atoms with Crippen LogP contribution in [-0.2, 0) is 10.0 Å². The molecule has 1 saturated heterocycles. The maximum absolute atomic E-state index is 12.8. The average molecular weight is 295 g/mol. The molecule has 1 atom stereocenters. The van der Waals surface area contributed by atoms with Crippen molar-refractivity contribution in [2.24, 2.45) is 0 Å². The van der Waals surface area contributed by atoms with Crippen LogP contribution in [-0.4, -0.2) is 38.9 Å². The van der Waals surface area contributed by atoms with Gasteiger partial charge in [0.15, 0.2) is 0 Å². The Morgan fingerprint density at radius 1 is 1.33 bits per heavy atom. The first kappa shape index (κ1) is 15.4. The van der Waals surface area contributed by atoms with Crippen LogP contribution in [0.1, 0.15) is 6.42 Å². The van der Waals surface area contributed by atoms with Gasteiger partial charge in [0, 0.05) is 19.6 Å². The second-order valence-electron chi connectivity index (χ2n) is 4.12. The number of hydrogen-bond acceptors (Lipinski definition) is 3. The predicted molar refractivity (Wildman–Crippen MR) is 69.9 cm³/mol. The topological polar surface area (TPSA) is 49.4 Å². The number of benzene rings is 1. The van der Waals surface area contributed by atoms with Crippen LogP contribution in [0.15, 0.2) is 29.2 Å². The SMILES string of the molecule is CN(C1CCNC1)S(=O)(=O)c1ccc(F)cc1.Cl. The van der Waals surface area contributed by atoms with Gasteiger partial charge in [-0.05, 0) is 37.2 Å². The summed E-state index contributed by atoms with van der Waals surface area (Å²) < 4.78 is 38.5. The molecule has 1 unspecified atom stereocenters. The van der Waals surface area contributed by atoms with Gasteiger partial charge in [-0.2, -0.15) is 4.31 Å². The molecule has 102 valence electrons. The van der Waals surface area contributed by atoms with Crippen molar-refractivity contribution in [1.82, 2.24) is 9.62 Å². The summed E-state index contributed by atoms with van der Waals surface area (Å²) in [6.45, 7) is 1.49. The molecule has 1 heterocycles. The number of nitrogens with zero attached hydrogens (tertiary/aromatic N) is 1. The Morgan fingerprint density at radius 2 is 1.94 bits per heavy atom. The summed E-state index contributed by atoms with van der Waals surface area (Å²) in [5.41, 5.74) is 0. The maximum Gasteiger partial charge on any atom is 0.243 e. The van der Waals surface area contributed by atoms with Crippen molar-refractivity contribution in [3.05, 3.63) is 30.1 Å². The number of likely N-dealkylation sites (N-methyl/N-ethyl adjacent to an activating group) is 1. The molecule has 0 bridgehead atoms. The lowest BCUT2D eigenvalue weighted by Crippen LogP contribution is -2.38. The van der Waals surface area contributed by atoms with Crippen LogP contribution >= 0.6 is 12.4 Å². The van der Waals surface area contributed by atoms with E-state index in [0.717, 1.165) is 25.1 Å². The van der Waals surface area contributed by atoms with Gasteiger partial charge in [-0.1, -0.05) is 0 Å². The third kappa shape index (κ3) is 3.00. The summed E-state index contributed by atoms with van der Waals surface area (Å²) in [5, 5.41) is 3.12. The molecule has 0 spiro atoms. The molecule has 1 aliphatic heterocycles. The van der Waals surface area contributed by atoms with Crippen molar-refractivity contribution in [2.75, 3.05) is 20.1 Å². The van der Waals surface area contributed by atoms with Gasteiger partial charge in [0.05, 0.1) is 4.90 Å². The first-order valence-corrected chi connectivity index (χ1v) is 6.90. The fourth-order valence-corrected chi connectivity index (χ4v) is 3.30.